The molecule has 0 amide bonds. The van der Waals surface area contributed by atoms with E-state index in [2.05, 4.69) is 32.6 Å². The minimum Gasteiger partial charge on any atom is -0.465 e. The van der Waals surface area contributed by atoms with Crippen LogP contribution in [0.4, 0.5) is 4.79 Å². The highest BCUT2D eigenvalue weighted by Gasteiger charge is 2.19. The molecule has 0 saturated carbocycles. The van der Waals surface area contributed by atoms with E-state index in [9.17, 15) is 9.59 Å². The number of hydrogen-bond donors (Lipinski definition) is 0. The summed E-state index contributed by atoms with van der Waals surface area (Å²) in [6.45, 7) is 13.8. The van der Waals surface area contributed by atoms with Crippen molar-refractivity contribution in [2.75, 3.05) is 39.5 Å². The van der Waals surface area contributed by atoms with Crippen molar-refractivity contribution in [3.05, 3.63) is 0 Å². The summed E-state index contributed by atoms with van der Waals surface area (Å²) >= 11 is 0. The van der Waals surface area contributed by atoms with Gasteiger partial charge in [-0.1, -0.05) is 169 Å². The first-order valence-corrected chi connectivity index (χ1v) is 21.8. The summed E-state index contributed by atoms with van der Waals surface area (Å²) < 4.78 is 16.3. The molecule has 0 aromatic rings. The highest BCUT2D eigenvalue weighted by atomic mass is 16.7. The average Bonchev–Trinajstić information content (AvgIpc) is 3.10. The van der Waals surface area contributed by atoms with Gasteiger partial charge in [0.2, 0.25) is 0 Å². The second kappa shape index (κ2) is 39.5. The predicted octanol–water partition coefficient (Wildman–Crippen LogP) is 13.4. The van der Waals surface area contributed by atoms with E-state index in [1.165, 1.54) is 116 Å². The maximum atomic E-state index is 13.0. The van der Waals surface area contributed by atoms with Crippen LogP contribution in [0.3, 0.4) is 0 Å². The maximum absolute atomic E-state index is 13.0. The molecule has 0 radical (unpaired) electrons. The standard InChI is InChI=1S/C43H85NO5/c1-5-9-12-15-18-19-22-28-35-41(34-27-21-17-14-11-7-3)42(45)47-38-33-26-30-37-44(8-4)36-29-23-25-32-40-49-43(46)48-39-31-24-20-16-13-10-6-2/h41H,5-40H2,1-4H3. The van der Waals surface area contributed by atoms with Crippen LogP contribution in [0, 0.1) is 5.92 Å². The van der Waals surface area contributed by atoms with Crippen LogP contribution < -0.4 is 0 Å². The Morgan fingerprint density at radius 3 is 1.14 bits per heavy atom. The molecule has 6 nitrogen and oxygen atoms in total. The molecule has 0 aromatic heterocycles. The molecule has 49 heavy (non-hydrogen) atoms. The number of esters is 1. The Labute approximate surface area is 305 Å². The SMILES string of the molecule is CCCCCCCCCCC(CCCCCCCC)C(=O)OCCCCCN(CC)CCCCCCOC(=O)OCCCCCCCCC. The molecule has 0 fully saturated rings. The highest BCUT2D eigenvalue weighted by Crippen LogP contribution is 2.21. The Hall–Kier alpha value is -1.30. The van der Waals surface area contributed by atoms with E-state index >= 15 is 0 Å². The molecule has 1 atom stereocenters. The van der Waals surface area contributed by atoms with Gasteiger partial charge in [-0.3, -0.25) is 4.79 Å². The number of hydrogen-bond acceptors (Lipinski definition) is 6. The minimum atomic E-state index is -0.510. The summed E-state index contributed by atoms with van der Waals surface area (Å²) in [4.78, 5) is 27.3. The van der Waals surface area contributed by atoms with Gasteiger partial charge in [0.05, 0.1) is 25.7 Å². The van der Waals surface area contributed by atoms with Crippen LogP contribution in [0.2, 0.25) is 0 Å². The molecule has 6 heteroatoms. The lowest BCUT2D eigenvalue weighted by molar-refractivity contribution is -0.149. The smallest absolute Gasteiger partial charge is 0.465 e. The van der Waals surface area contributed by atoms with Gasteiger partial charge >= 0.3 is 12.1 Å². The Morgan fingerprint density at radius 2 is 0.735 bits per heavy atom. The van der Waals surface area contributed by atoms with Crippen LogP contribution >= 0.6 is 0 Å². The first-order valence-electron chi connectivity index (χ1n) is 21.8. The third-order valence-electron chi connectivity index (χ3n) is 10.0. The summed E-state index contributed by atoms with van der Waals surface area (Å²) in [6, 6.07) is 0. The predicted molar refractivity (Wildman–Crippen MR) is 209 cm³/mol. The van der Waals surface area contributed by atoms with Gasteiger partial charge in [0.1, 0.15) is 0 Å². The summed E-state index contributed by atoms with van der Waals surface area (Å²) in [6.07, 6.45) is 35.6. The lowest BCUT2D eigenvalue weighted by Gasteiger charge is -2.20. The van der Waals surface area contributed by atoms with Crippen molar-refractivity contribution < 1.29 is 23.8 Å². The van der Waals surface area contributed by atoms with Crippen molar-refractivity contribution in [3.63, 3.8) is 0 Å². The Balaban J connectivity index is 3.96. The van der Waals surface area contributed by atoms with Crippen molar-refractivity contribution >= 4 is 12.1 Å². The van der Waals surface area contributed by atoms with E-state index in [0.29, 0.717) is 19.8 Å². The molecular weight excluding hydrogens is 610 g/mol. The lowest BCUT2D eigenvalue weighted by atomic mass is 9.94. The zero-order valence-electron chi connectivity index (χ0n) is 33.5. The molecule has 0 aromatic carbocycles. The van der Waals surface area contributed by atoms with Gasteiger partial charge in [-0.15, -0.1) is 0 Å². The summed E-state index contributed by atoms with van der Waals surface area (Å²) in [7, 11) is 0. The monoisotopic (exact) mass is 696 g/mol. The number of nitrogens with zero attached hydrogens (tertiary/aromatic N) is 1. The number of carbonyl (C=O) groups excluding carboxylic acids is 2. The fourth-order valence-corrected chi connectivity index (χ4v) is 6.61. The molecular formula is C43H85NO5. The van der Waals surface area contributed by atoms with Crippen LogP contribution in [0.5, 0.6) is 0 Å². The first-order chi connectivity index (χ1) is 24.1. The van der Waals surface area contributed by atoms with E-state index in [1.807, 2.05) is 0 Å². The lowest BCUT2D eigenvalue weighted by Crippen LogP contribution is -2.25. The fourth-order valence-electron chi connectivity index (χ4n) is 6.61. The molecule has 0 aliphatic carbocycles. The van der Waals surface area contributed by atoms with Gasteiger partial charge in [-0.2, -0.15) is 0 Å². The van der Waals surface area contributed by atoms with Crippen LogP contribution in [0.15, 0.2) is 0 Å². The number of carbonyl (C=O) groups is 2. The van der Waals surface area contributed by atoms with Crippen LogP contribution in [0.1, 0.15) is 220 Å². The maximum Gasteiger partial charge on any atom is 0.508 e. The fraction of sp³-hybridized carbons (Fsp3) is 0.953. The number of unbranched alkanes of at least 4 members (excludes halogenated alkanes) is 23. The molecule has 0 N–H and O–H groups in total. The molecule has 0 bridgehead atoms. The number of rotatable bonds is 39. The largest absolute Gasteiger partial charge is 0.508 e. The Bertz CT molecular complexity index is 687. The summed E-state index contributed by atoms with van der Waals surface area (Å²) in [5, 5.41) is 0. The van der Waals surface area contributed by atoms with E-state index < -0.39 is 6.16 Å². The van der Waals surface area contributed by atoms with E-state index in [-0.39, 0.29) is 11.9 Å². The van der Waals surface area contributed by atoms with Gasteiger partial charge in [-0.05, 0) is 71.0 Å². The van der Waals surface area contributed by atoms with Crippen molar-refractivity contribution in [1.82, 2.24) is 4.90 Å². The third-order valence-corrected chi connectivity index (χ3v) is 10.0. The second-order valence-electron chi connectivity index (χ2n) is 14.7. The molecule has 0 aliphatic heterocycles. The highest BCUT2D eigenvalue weighted by molar-refractivity contribution is 5.72. The molecule has 1 unspecified atom stereocenters. The van der Waals surface area contributed by atoms with Gasteiger partial charge in [0.15, 0.2) is 0 Å². The normalized spacial score (nSPS) is 12.0. The Kier molecular flexibility index (Phi) is 38.4. The third kappa shape index (κ3) is 34.9. The molecule has 0 spiro atoms. The molecule has 0 saturated heterocycles. The minimum absolute atomic E-state index is 0.0671. The van der Waals surface area contributed by atoms with Crippen LogP contribution in [-0.4, -0.2) is 56.5 Å². The van der Waals surface area contributed by atoms with E-state index in [4.69, 9.17) is 14.2 Å². The molecule has 0 aliphatic rings. The number of ether oxygens (including phenoxy) is 3. The average molecular weight is 696 g/mol. The van der Waals surface area contributed by atoms with Gasteiger partial charge in [0, 0.05) is 0 Å². The van der Waals surface area contributed by atoms with Crippen molar-refractivity contribution in [1.29, 1.82) is 0 Å². The summed E-state index contributed by atoms with van der Waals surface area (Å²) in [5.74, 6) is 0.166. The quantitative estimate of drug-likeness (QED) is 0.0471. The van der Waals surface area contributed by atoms with Gasteiger partial charge < -0.3 is 19.1 Å². The molecule has 292 valence electrons. The first kappa shape index (κ1) is 47.7. The van der Waals surface area contributed by atoms with Gasteiger partial charge in [-0.25, -0.2) is 4.79 Å². The van der Waals surface area contributed by atoms with Crippen LogP contribution in [-0.2, 0) is 19.0 Å². The Morgan fingerprint density at radius 1 is 0.408 bits per heavy atom. The zero-order valence-corrected chi connectivity index (χ0v) is 33.5. The van der Waals surface area contributed by atoms with Crippen molar-refractivity contribution in [3.8, 4) is 0 Å². The van der Waals surface area contributed by atoms with Crippen LogP contribution in [0.25, 0.3) is 0 Å². The second-order valence-corrected chi connectivity index (χ2v) is 14.7. The van der Waals surface area contributed by atoms with Crippen molar-refractivity contribution in [2.24, 2.45) is 5.92 Å². The topological polar surface area (TPSA) is 65.1 Å². The summed E-state index contributed by atoms with van der Waals surface area (Å²) in [5.41, 5.74) is 0. The molecule has 0 heterocycles. The van der Waals surface area contributed by atoms with E-state index in [0.717, 1.165) is 96.7 Å². The van der Waals surface area contributed by atoms with Crippen molar-refractivity contribution in [2.45, 2.75) is 220 Å². The zero-order chi connectivity index (χ0) is 35.9. The van der Waals surface area contributed by atoms with Gasteiger partial charge in [0.25, 0.3) is 0 Å². The van der Waals surface area contributed by atoms with E-state index in [1.54, 1.807) is 0 Å². The molecule has 0 rings (SSSR count).